The van der Waals surface area contributed by atoms with Crippen LogP contribution in [0.4, 0.5) is 0 Å². The largest absolute Gasteiger partial charge is 0.493 e. The van der Waals surface area contributed by atoms with Gasteiger partial charge in [0.05, 0.1) is 14.2 Å². The van der Waals surface area contributed by atoms with E-state index in [0.717, 1.165) is 10.8 Å². The standard InChI is InChI=1S/C12H13BO4/c1-16-11-9-6-4-3-5-8(9)7-10(13(14)15)12(11)17-2/h3-7,14-15H,1-2H3. The second-order valence-corrected chi connectivity index (χ2v) is 3.63. The smallest absolute Gasteiger partial charge is 0.492 e. The highest BCUT2D eigenvalue weighted by Gasteiger charge is 2.22. The molecule has 0 fully saturated rings. The summed E-state index contributed by atoms with van der Waals surface area (Å²) in [5.74, 6) is 0.856. The summed E-state index contributed by atoms with van der Waals surface area (Å²) >= 11 is 0. The molecule has 0 unspecified atom stereocenters. The summed E-state index contributed by atoms with van der Waals surface area (Å²) in [4.78, 5) is 0. The quantitative estimate of drug-likeness (QED) is 0.758. The Bertz CT molecular complexity index is 539. The Labute approximate surface area is 99.6 Å². The Balaban J connectivity index is 2.83. The van der Waals surface area contributed by atoms with E-state index >= 15 is 0 Å². The van der Waals surface area contributed by atoms with Crippen LogP contribution >= 0.6 is 0 Å². The molecule has 17 heavy (non-hydrogen) atoms. The first-order valence-corrected chi connectivity index (χ1v) is 5.18. The fourth-order valence-corrected chi connectivity index (χ4v) is 1.92. The zero-order valence-electron chi connectivity index (χ0n) is 9.68. The van der Waals surface area contributed by atoms with Crippen molar-refractivity contribution in [1.82, 2.24) is 0 Å². The highest BCUT2D eigenvalue weighted by atomic mass is 16.5. The summed E-state index contributed by atoms with van der Waals surface area (Å²) in [6.07, 6.45) is 0. The lowest BCUT2D eigenvalue weighted by molar-refractivity contribution is 0.357. The van der Waals surface area contributed by atoms with Crippen LogP contribution in [-0.2, 0) is 0 Å². The van der Waals surface area contributed by atoms with E-state index in [1.54, 1.807) is 6.07 Å². The summed E-state index contributed by atoms with van der Waals surface area (Å²) in [5.41, 5.74) is 0.294. The first-order valence-electron chi connectivity index (χ1n) is 5.18. The normalized spacial score (nSPS) is 10.4. The van der Waals surface area contributed by atoms with Crippen LogP contribution in [0.25, 0.3) is 10.8 Å². The summed E-state index contributed by atoms with van der Waals surface area (Å²) in [6.45, 7) is 0. The monoisotopic (exact) mass is 232 g/mol. The van der Waals surface area contributed by atoms with Gasteiger partial charge in [0, 0.05) is 10.8 Å². The molecule has 2 rings (SSSR count). The van der Waals surface area contributed by atoms with E-state index in [-0.39, 0.29) is 0 Å². The average molecular weight is 232 g/mol. The van der Waals surface area contributed by atoms with Gasteiger partial charge in [-0.15, -0.1) is 0 Å². The molecule has 2 aromatic rings. The molecule has 0 aliphatic carbocycles. The van der Waals surface area contributed by atoms with Gasteiger partial charge in [-0.3, -0.25) is 0 Å². The van der Waals surface area contributed by atoms with Crippen molar-refractivity contribution < 1.29 is 19.5 Å². The van der Waals surface area contributed by atoms with Gasteiger partial charge in [-0.2, -0.15) is 0 Å². The molecule has 0 atom stereocenters. The fraction of sp³-hybridized carbons (Fsp3) is 0.167. The Morgan fingerprint density at radius 3 is 2.24 bits per heavy atom. The molecule has 0 heterocycles. The highest BCUT2D eigenvalue weighted by Crippen LogP contribution is 2.33. The summed E-state index contributed by atoms with van der Waals surface area (Å²) < 4.78 is 10.5. The molecule has 0 saturated carbocycles. The molecule has 0 amide bonds. The van der Waals surface area contributed by atoms with Crippen LogP contribution < -0.4 is 14.9 Å². The predicted molar refractivity (Wildman–Crippen MR) is 66.9 cm³/mol. The highest BCUT2D eigenvalue weighted by molar-refractivity contribution is 6.60. The van der Waals surface area contributed by atoms with E-state index in [1.807, 2.05) is 24.3 Å². The number of rotatable bonds is 3. The van der Waals surface area contributed by atoms with E-state index in [9.17, 15) is 10.0 Å². The van der Waals surface area contributed by atoms with Crippen molar-refractivity contribution in [2.75, 3.05) is 14.2 Å². The van der Waals surface area contributed by atoms with Crippen molar-refractivity contribution in [3.63, 3.8) is 0 Å². The Morgan fingerprint density at radius 1 is 1.00 bits per heavy atom. The lowest BCUT2D eigenvalue weighted by Crippen LogP contribution is -2.31. The SMILES string of the molecule is COc1c(B(O)O)cc2ccccc2c1OC. The van der Waals surface area contributed by atoms with Crippen LogP contribution in [-0.4, -0.2) is 31.4 Å². The third kappa shape index (κ3) is 1.95. The lowest BCUT2D eigenvalue weighted by atomic mass is 9.78. The summed E-state index contributed by atoms with van der Waals surface area (Å²) in [7, 11) is 1.40. The van der Waals surface area contributed by atoms with E-state index in [2.05, 4.69) is 0 Å². The molecular weight excluding hydrogens is 219 g/mol. The third-order valence-electron chi connectivity index (χ3n) is 2.67. The molecule has 0 spiro atoms. The Hall–Kier alpha value is -1.72. The molecule has 2 N–H and O–H groups in total. The second kappa shape index (κ2) is 4.65. The van der Waals surface area contributed by atoms with Crippen molar-refractivity contribution in [3.05, 3.63) is 30.3 Å². The molecule has 0 bridgehead atoms. The zero-order chi connectivity index (χ0) is 12.4. The van der Waals surface area contributed by atoms with Gasteiger partial charge in [0.15, 0.2) is 11.5 Å². The molecule has 0 aliphatic rings. The van der Waals surface area contributed by atoms with Crippen molar-refractivity contribution >= 4 is 23.4 Å². The van der Waals surface area contributed by atoms with Gasteiger partial charge < -0.3 is 19.5 Å². The van der Waals surface area contributed by atoms with Gasteiger partial charge >= 0.3 is 7.12 Å². The van der Waals surface area contributed by atoms with Crippen LogP contribution in [0.5, 0.6) is 11.5 Å². The van der Waals surface area contributed by atoms with Gasteiger partial charge in [0.25, 0.3) is 0 Å². The third-order valence-corrected chi connectivity index (χ3v) is 2.67. The first-order chi connectivity index (χ1) is 8.19. The van der Waals surface area contributed by atoms with Crippen LogP contribution in [0.15, 0.2) is 30.3 Å². The topological polar surface area (TPSA) is 58.9 Å². The minimum absolute atomic E-state index is 0.294. The summed E-state index contributed by atoms with van der Waals surface area (Å²) in [5, 5.41) is 20.4. The van der Waals surface area contributed by atoms with Crippen LogP contribution in [0.1, 0.15) is 0 Å². The van der Waals surface area contributed by atoms with Gasteiger partial charge in [-0.25, -0.2) is 0 Å². The fourth-order valence-electron chi connectivity index (χ4n) is 1.92. The molecule has 0 radical (unpaired) electrons. The number of fused-ring (bicyclic) bond motifs is 1. The van der Waals surface area contributed by atoms with Crippen molar-refractivity contribution in [2.45, 2.75) is 0 Å². The number of ether oxygens (including phenoxy) is 2. The average Bonchev–Trinajstić information content (AvgIpc) is 2.36. The Morgan fingerprint density at radius 2 is 1.65 bits per heavy atom. The minimum Gasteiger partial charge on any atom is -0.493 e. The molecule has 2 aromatic carbocycles. The lowest BCUT2D eigenvalue weighted by Gasteiger charge is -2.15. The minimum atomic E-state index is -1.59. The van der Waals surface area contributed by atoms with E-state index in [4.69, 9.17) is 9.47 Å². The zero-order valence-corrected chi connectivity index (χ0v) is 9.68. The molecule has 88 valence electrons. The van der Waals surface area contributed by atoms with Crippen molar-refractivity contribution in [1.29, 1.82) is 0 Å². The van der Waals surface area contributed by atoms with Crippen molar-refractivity contribution in [2.24, 2.45) is 0 Å². The molecule has 4 nitrogen and oxygen atoms in total. The number of benzene rings is 2. The van der Waals surface area contributed by atoms with Gasteiger partial charge in [0.1, 0.15) is 0 Å². The van der Waals surface area contributed by atoms with Gasteiger partial charge in [-0.1, -0.05) is 30.3 Å². The first kappa shape index (κ1) is 11.8. The molecule has 0 saturated heterocycles. The van der Waals surface area contributed by atoms with Crippen molar-refractivity contribution in [3.8, 4) is 11.5 Å². The molecular formula is C12H13BO4. The van der Waals surface area contributed by atoms with Crippen LogP contribution in [0.3, 0.4) is 0 Å². The number of methoxy groups -OCH3 is 2. The Kier molecular flexibility index (Phi) is 3.22. The van der Waals surface area contributed by atoms with Crippen LogP contribution in [0, 0.1) is 0 Å². The molecule has 0 aromatic heterocycles. The maximum atomic E-state index is 9.34. The van der Waals surface area contributed by atoms with E-state index in [1.165, 1.54) is 14.2 Å². The second-order valence-electron chi connectivity index (χ2n) is 3.63. The maximum absolute atomic E-state index is 9.34. The van der Waals surface area contributed by atoms with E-state index in [0.29, 0.717) is 17.0 Å². The number of hydrogen-bond acceptors (Lipinski definition) is 4. The maximum Gasteiger partial charge on any atom is 0.492 e. The van der Waals surface area contributed by atoms with Gasteiger partial charge in [0.2, 0.25) is 0 Å². The summed E-state index contributed by atoms with van der Waals surface area (Å²) in [6, 6.07) is 9.22. The van der Waals surface area contributed by atoms with Gasteiger partial charge in [-0.05, 0) is 5.39 Å². The molecule has 0 aliphatic heterocycles. The number of hydrogen-bond donors (Lipinski definition) is 2. The van der Waals surface area contributed by atoms with Crippen LogP contribution in [0.2, 0.25) is 0 Å². The van der Waals surface area contributed by atoms with E-state index < -0.39 is 7.12 Å². The molecule has 5 heteroatoms. The predicted octanol–water partition coefficient (Wildman–Crippen LogP) is 0.537.